The molecule has 1 amide bonds. The van der Waals surface area contributed by atoms with Crippen molar-refractivity contribution >= 4 is 11.7 Å². The highest BCUT2D eigenvalue weighted by molar-refractivity contribution is 5.96. The third kappa shape index (κ3) is 4.15. The molecule has 6 heteroatoms. The molecule has 0 radical (unpaired) electrons. The minimum Gasteiger partial charge on any atom is -0.493 e. The first-order valence-corrected chi connectivity index (χ1v) is 6.06. The number of methoxy groups -OCH3 is 3. The number of carbonyl (C=O) groups is 2. The van der Waals surface area contributed by atoms with Crippen molar-refractivity contribution in [3.63, 3.8) is 0 Å². The first kappa shape index (κ1) is 15.8. The number of amides is 1. The Balaban J connectivity index is 2.85. The van der Waals surface area contributed by atoms with Crippen molar-refractivity contribution in [1.29, 1.82) is 0 Å². The summed E-state index contributed by atoms with van der Waals surface area (Å²) in [5, 5.41) is 2.66. The summed E-state index contributed by atoms with van der Waals surface area (Å²) in [6.07, 6.45) is -0.121. The molecule has 0 aliphatic heterocycles. The van der Waals surface area contributed by atoms with E-state index in [4.69, 9.17) is 14.2 Å². The van der Waals surface area contributed by atoms with E-state index in [1.54, 1.807) is 12.1 Å². The Labute approximate surface area is 118 Å². The van der Waals surface area contributed by atoms with Gasteiger partial charge in [-0.05, 0) is 24.6 Å². The molecular formula is C14H19NO5. The zero-order valence-corrected chi connectivity index (χ0v) is 12.1. The van der Waals surface area contributed by atoms with Crippen LogP contribution in [0.25, 0.3) is 0 Å². The second-order valence-corrected chi connectivity index (χ2v) is 4.19. The molecule has 1 aromatic rings. The average molecular weight is 281 g/mol. The van der Waals surface area contributed by atoms with E-state index in [-0.39, 0.29) is 24.7 Å². The monoisotopic (exact) mass is 281 g/mol. The van der Waals surface area contributed by atoms with Gasteiger partial charge in [0, 0.05) is 6.54 Å². The van der Waals surface area contributed by atoms with Crippen molar-refractivity contribution in [3.8, 4) is 17.2 Å². The molecular weight excluding hydrogens is 262 g/mol. The predicted octanol–water partition coefficient (Wildman–Crippen LogP) is 1.31. The number of benzene rings is 1. The standard InChI is InChI=1S/C14H19NO5/c1-9(16)5-13(17)15-8-10-6-11(18-2)14(20-4)12(7-10)19-3/h6-7H,5,8H2,1-4H3,(H,15,17). The SMILES string of the molecule is COc1cc(CNC(=O)CC(C)=O)cc(OC)c1OC. The van der Waals surface area contributed by atoms with Crippen LogP contribution in [0.15, 0.2) is 12.1 Å². The van der Waals surface area contributed by atoms with E-state index in [0.717, 1.165) is 5.56 Å². The van der Waals surface area contributed by atoms with Crippen LogP contribution in [0, 0.1) is 0 Å². The van der Waals surface area contributed by atoms with E-state index >= 15 is 0 Å². The fraction of sp³-hybridized carbons (Fsp3) is 0.429. The lowest BCUT2D eigenvalue weighted by atomic mass is 10.1. The van der Waals surface area contributed by atoms with Gasteiger partial charge in [0.15, 0.2) is 11.5 Å². The van der Waals surface area contributed by atoms with Crippen LogP contribution in [0.1, 0.15) is 18.9 Å². The van der Waals surface area contributed by atoms with Gasteiger partial charge in [-0.1, -0.05) is 0 Å². The summed E-state index contributed by atoms with van der Waals surface area (Å²) in [7, 11) is 4.57. The van der Waals surface area contributed by atoms with Crippen molar-refractivity contribution < 1.29 is 23.8 Å². The van der Waals surface area contributed by atoms with Crippen LogP contribution in [-0.2, 0) is 16.1 Å². The van der Waals surface area contributed by atoms with Crippen molar-refractivity contribution in [2.45, 2.75) is 19.9 Å². The highest BCUT2D eigenvalue weighted by Crippen LogP contribution is 2.38. The summed E-state index contributed by atoms with van der Waals surface area (Å²) in [6.45, 7) is 1.65. The lowest BCUT2D eigenvalue weighted by Crippen LogP contribution is -2.24. The van der Waals surface area contributed by atoms with Crippen LogP contribution in [0.3, 0.4) is 0 Å². The summed E-state index contributed by atoms with van der Waals surface area (Å²) in [4.78, 5) is 22.3. The quantitative estimate of drug-likeness (QED) is 0.763. The molecule has 20 heavy (non-hydrogen) atoms. The van der Waals surface area contributed by atoms with Crippen LogP contribution in [0.4, 0.5) is 0 Å². The topological polar surface area (TPSA) is 73.9 Å². The van der Waals surface area contributed by atoms with E-state index in [2.05, 4.69) is 5.32 Å². The lowest BCUT2D eigenvalue weighted by Gasteiger charge is -2.14. The van der Waals surface area contributed by atoms with E-state index in [1.165, 1.54) is 28.3 Å². The molecule has 0 fully saturated rings. The Kier molecular flexibility index (Phi) is 5.83. The fourth-order valence-electron chi connectivity index (χ4n) is 1.73. The molecule has 0 aliphatic rings. The predicted molar refractivity (Wildman–Crippen MR) is 73.2 cm³/mol. The highest BCUT2D eigenvalue weighted by Gasteiger charge is 2.13. The van der Waals surface area contributed by atoms with Gasteiger partial charge in [0.25, 0.3) is 0 Å². The van der Waals surface area contributed by atoms with Crippen LogP contribution < -0.4 is 19.5 Å². The smallest absolute Gasteiger partial charge is 0.227 e. The van der Waals surface area contributed by atoms with Crippen molar-refractivity contribution in [3.05, 3.63) is 17.7 Å². The summed E-state index contributed by atoms with van der Waals surface area (Å²) >= 11 is 0. The molecule has 1 N–H and O–H groups in total. The molecule has 1 rings (SSSR count). The third-order valence-electron chi connectivity index (χ3n) is 2.62. The van der Waals surface area contributed by atoms with Gasteiger partial charge < -0.3 is 19.5 Å². The van der Waals surface area contributed by atoms with Crippen molar-refractivity contribution in [2.24, 2.45) is 0 Å². The van der Waals surface area contributed by atoms with Gasteiger partial charge >= 0.3 is 0 Å². The van der Waals surface area contributed by atoms with Gasteiger partial charge in [0.1, 0.15) is 5.78 Å². The maximum Gasteiger partial charge on any atom is 0.227 e. The van der Waals surface area contributed by atoms with Gasteiger partial charge in [-0.15, -0.1) is 0 Å². The number of Topliss-reactive ketones (excluding diaryl/α,β-unsaturated/α-hetero) is 1. The van der Waals surface area contributed by atoms with Gasteiger partial charge in [-0.2, -0.15) is 0 Å². The molecule has 110 valence electrons. The number of hydrogen-bond acceptors (Lipinski definition) is 5. The molecule has 0 aromatic heterocycles. The lowest BCUT2D eigenvalue weighted by molar-refractivity contribution is -0.127. The molecule has 1 aromatic carbocycles. The minimum absolute atomic E-state index is 0.121. The molecule has 0 unspecified atom stereocenters. The van der Waals surface area contributed by atoms with E-state index in [0.29, 0.717) is 17.2 Å². The van der Waals surface area contributed by atoms with E-state index in [9.17, 15) is 9.59 Å². The minimum atomic E-state index is -0.314. The Bertz CT molecular complexity index is 473. The summed E-state index contributed by atoms with van der Waals surface area (Å²) in [5.41, 5.74) is 0.788. The first-order valence-electron chi connectivity index (χ1n) is 6.06. The van der Waals surface area contributed by atoms with Gasteiger partial charge in [-0.25, -0.2) is 0 Å². The van der Waals surface area contributed by atoms with Crippen LogP contribution >= 0.6 is 0 Å². The summed E-state index contributed by atoms with van der Waals surface area (Å²) < 4.78 is 15.6. The summed E-state index contributed by atoms with van der Waals surface area (Å²) in [6, 6.07) is 3.49. The highest BCUT2D eigenvalue weighted by atomic mass is 16.5. The second-order valence-electron chi connectivity index (χ2n) is 4.19. The number of ketones is 1. The van der Waals surface area contributed by atoms with E-state index in [1.807, 2.05) is 0 Å². The molecule has 6 nitrogen and oxygen atoms in total. The molecule has 0 saturated heterocycles. The molecule has 0 spiro atoms. The third-order valence-corrected chi connectivity index (χ3v) is 2.62. The number of rotatable bonds is 7. The Morgan fingerprint density at radius 3 is 2.00 bits per heavy atom. The average Bonchev–Trinajstić information content (AvgIpc) is 2.42. The largest absolute Gasteiger partial charge is 0.493 e. The fourth-order valence-corrected chi connectivity index (χ4v) is 1.73. The second kappa shape index (κ2) is 7.37. The number of carbonyl (C=O) groups excluding carboxylic acids is 2. The van der Waals surface area contributed by atoms with Gasteiger partial charge in [0.2, 0.25) is 11.7 Å². The Morgan fingerprint density at radius 1 is 1.05 bits per heavy atom. The zero-order chi connectivity index (χ0) is 15.1. The normalized spacial score (nSPS) is 9.80. The zero-order valence-electron chi connectivity index (χ0n) is 12.1. The van der Waals surface area contributed by atoms with Crippen LogP contribution in [0.2, 0.25) is 0 Å². The number of ether oxygens (including phenoxy) is 3. The first-order chi connectivity index (χ1) is 9.51. The maximum atomic E-state index is 11.4. The summed E-state index contributed by atoms with van der Waals surface area (Å²) in [5.74, 6) is 1.04. The van der Waals surface area contributed by atoms with Crippen LogP contribution in [0.5, 0.6) is 17.2 Å². The van der Waals surface area contributed by atoms with Gasteiger partial charge in [-0.3, -0.25) is 9.59 Å². The van der Waals surface area contributed by atoms with Gasteiger partial charge in [0.05, 0.1) is 27.8 Å². The molecule has 0 heterocycles. The van der Waals surface area contributed by atoms with Crippen molar-refractivity contribution in [1.82, 2.24) is 5.32 Å². The number of hydrogen-bond donors (Lipinski definition) is 1. The Hall–Kier alpha value is -2.24. The molecule has 0 atom stereocenters. The maximum absolute atomic E-state index is 11.4. The molecule has 0 bridgehead atoms. The van der Waals surface area contributed by atoms with Crippen LogP contribution in [-0.4, -0.2) is 33.0 Å². The van der Waals surface area contributed by atoms with Crippen molar-refractivity contribution in [2.75, 3.05) is 21.3 Å². The Morgan fingerprint density at radius 2 is 1.60 bits per heavy atom. The van der Waals surface area contributed by atoms with E-state index < -0.39 is 0 Å². The molecule has 0 saturated carbocycles. The number of nitrogens with one attached hydrogen (secondary N) is 1. The molecule has 0 aliphatic carbocycles.